The van der Waals surface area contributed by atoms with E-state index in [0.717, 1.165) is 40.5 Å². The molecular weight excluding hydrogens is 617 g/mol. The van der Waals surface area contributed by atoms with E-state index in [1.54, 1.807) is 0 Å². The van der Waals surface area contributed by atoms with Crippen molar-refractivity contribution in [3.8, 4) is 0 Å². The summed E-state index contributed by atoms with van der Waals surface area (Å²) in [7, 11) is -13.9. The molecule has 3 rings (SSSR count). The zero-order valence-electron chi connectivity index (χ0n) is 27.0. The number of benzene rings is 3. The van der Waals surface area contributed by atoms with Crippen molar-refractivity contribution in [3.63, 3.8) is 0 Å². The minimum atomic E-state index is -3.49. The summed E-state index contributed by atoms with van der Waals surface area (Å²) >= 11 is 0. The normalized spacial score (nSPS) is 14.3. The first-order valence-corrected chi connectivity index (χ1v) is 28.1. The summed E-state index contributed by atoms with van der Waals surface area (Å²) in [4.78, 5) is 0. The van der Waals surface area contributed by atoms with Crippen LogP contribution < -0.4 is 27.0 Å². The van der Waals surface area contributed by atoms with Crippen LogP contribution in [-0.4, -0.2) is 55.4 Å². The van der Waals surface area contributed by atoms with Crippen molar-refractivity contribution in [1.82, 2.24) is 0 Å². The Morgan fingerprint density at radius 1 is 0.558 bits per heavy atom. The summed E-state index contributed by atoms with van der Waals surface area (Å²) in [6.45, 7) is 19.0. The van der Waals surface area contributed by atoms with E-state index in [4.69, 9.17) is 27.9 Å². The molecule has 234 valence electrons. The first-order chi connectivity index (χ1) is 20.3. The maximum absolute atomic E-state index is 7.75. The smallest absolute Gasteiger partial charge is 0.389 e. The van der Waals surface area contributed by atoms with Crippen LogP contribution in [0.2, 0.25) is 51.4 Å². The van der Waals surface area contributed by atoms with Crippen molar-refractivity contribution < 1.29 is 16.5 Å². The van der Waals surface area contributed by atoms with Crippen molar-refractivity contribution in [2.45, 2.75) is 64.2 Å². The summed E-state index contributed by atoms with van der Waals surface area (Å²) < 4.78 is 29.6. The van der Waals surface area contributed by atoms with Crippen LogP contribution in [0.3, 0.4) is 0 Å². The summed E-state index contributed by atoms with van der Waals surface area (Å²) in [6.07, 6.45) is 1.85. The molecule has 0 aliphatic carbocycles. The summed E-state index contributed by atoms with van der Waals surface area (Å²) in [5, 5.41) is 3.06. The van der Waals surface area contributed by atoms with Crippen molar-refractivity contribution in [2.75, 3.05) is 13.1 Å². The standard InChI is InChI=1S/C32H52N2O4Si5/c1-8-42(30-20-12-9-13-21-30,36-40(4,5)29-19-27-34)38-43(31-22-14-10-15-23-31,32-24-16-11-17-25-32)37-41(6,7)35-39(2,3)28-18-26-33/h8-17,20-25H,1,18-19,26-29,33-34H2,2-7H3. The molecule has 0 amide bonds. The number of hydrogen-bond acceptors (Lipinski definition) is 6. The van der Waals surface area contributed by atoms with Gasteiger partial charge >= 0.3 is 25.7 Å². The minimum absolute atomic E-state index is 0.630. The molecule has 0 radical (unpaired) electrons. The molecule has 0 fully saturated rings. The Labute approximate surface area is 265 Å². The molecule has 0 bridgehead atoms. The second-order valence-corrected chi connectivity index (χ2v) is 31.5. The summed E-state index contributed by atoms with van der Waals surface area (Å²) in [6, 6.07) is 33.1. The maximum Gasteiger partial charge on any atom is 0.389 e. The average Bonchev–Trinajstić information content (AvgIpc) is 2.99. The molecule has 6 nitrogen and oxygen atoms in total. The first kappa shape index (κ1) is 35.7. The number of hydrogen-bond donors (Lipinski definition) is 2. The van der Waals surface area contributed by atoms with E-state index in [2.05, 4.69) is 107 Å². The predicted octanol–water partition coefficient (Wildman–Crippen LogP) is 5.19. The van der Waals surface area contributed by atoms with Gasteiger partial charge in [-0.15, -0.1) is 6.58 Å². The zero-order chi connectivity index (χ0) is 31.6. The first-order valence-electron chi connectivity index (χ1n) is 15.3. The Balaban J connectivity index is 2.28. The van der Waals surface area contributed by atoms with Gasteiger partial charge in [-0.1, -0.05) is 91.0 Å². The molecule has 1 unspecified atom stereocenters. The van der Waals surface area contributed by atoms with Gasteiger partial charge in [0.1, 0.15) is 0 Å². The van der Waals surface area contributed by atoms with E-state index in [0.29, 0.717) is 13.1 Å². The molecule has 3 aromatic rings. The second-order valence-electron chi connectivity index (χ2n) is 12.7. The van der Waals surface area contributed by atoms with Crippen molar-refractivity contribution in [2.24, 2.45) is 11.5 Å². The Kier molecular flexibility index (Phi) is 12.9. The molecule has 43 heavy (non-hydrogen) atoms. The highest BCUT2D eigenvalue weighted by Crippen LogP contribution is 2.29. The maximum atomic E-state index is 7.75. The van der Waals surface area contributed by atoms with E-state index in [1.807, 2.05) is 36.0 Å². The van der Waals surface area contributed by atoms with Gasteiger partial charge in [0.2, 0.25) is 0 Å². The fourth-order valence-corrected chi connectivity index (χ4v) is 29.2. The molecule has 1 atom stereocenters. The lowest BCUT2D eigenvalue weighted by atomic mass is 10.4. The summed E-state index contributed by atoms with van der Waals surface area (Å²) in [5.74, 6) is 0. The lowest BCUT2D eigenvalue weighted by Crippen LogP contribution is -2.75. The number of rotatable bonds is 18. The highest BCUT2D eigenvalue weighted by molar-refractivity contribution is 7.06. The van der Waals surface area contributed by atoms with Crippen molar-refractivity contribution >= 4 is 57.9 Å². The SMILES string of the molecule is C=C[Si](O[Si](C)(C)CCCN)(O[Si](O[Si](C)(C)O[Si](C)(C)CCCN)(c1ccccc1)c1ccccc1)c1ccccc1. The molecule has 0 heterocycles. The van der Waals surface area contributed by atoms with Crippen molar-refractivity contribution in [3.05, 3.63) is 103 Å². The minimum Gasteiger partial charge on any atom is -0.436 e. The average molecular weight is 669 g/mol. The zero-order valence-corrected chi connectivity index (χ0v) is 32.0. The van der Waals surface area contributed by atoms with Crippen LogP contribution in [-0.2, 0) is 16.5 Å². The molecule has 0 aromatic heterocycles. The lowest BCUT2D eigenvalue weighted by Gasteiger charge is -2.46. The molecule has 0 aliphatic rings. The van der Waals surface area contributed by atoms with E-state index < -0.39 is 42.3 Å². The van der Waals surface area contributed by atoms with Gasteiger partial charge in [0, 0.05) is 0 Å². The Morgan fingerprint density at radius 3 is 1.35 bits per heavy atom. The van der Waals surface area contributed by atoms with Crippen LogP contribution in [0.1, 0.15) is 12.8 Å². The van der Waals surface area contributed by atoms with Gasteiger partial charge in [0.05, 0.1) is 0 Å². The van der Waals surface area contributed by atoms with Gasteiger partial charge in [-0.25, -0.2) is 0 Å². The summed E-state index contributed by atoms with van der Waals surface area (Å²) in [5.41, 5.74) is 13.8. The third-order valence-electron chi connectivity index (χ3n) is 7.35. The highest BCUT2D eigenvalue weighted by Gasteiger charge is 2.56. The van der Waals surface area contributed by atoms with Gasteiger partial charge < -0.3 is 27.9 Å². The monoisotopic (exact) mass is 668 g/mol. The van der Waals surface area contributed by atoms with Crippen LogP contribution in [0, 0.1) is 0 Å². The van der Waals surface area contributed by atoms with E-state index in [1.165, 1.54) is 0 Å². The molecule has 4 N–H and O–H groups in total. The van der Waals surface area contributed by atoms with Gasteiger partial charge in [-0.3, -0.25) is 0 Å². The number of nitrogens with two attached hydrogens (primary N) is 2. The fourth-order valence-electron chi connectivity index (χ4n) is 5.56. The van der Waals surface area contributed by atoms with E-state index in [9.17, 15) is 0 Å². The van der Waals surface area contributed by atoms with Crippen LogP contribution in [0.15, 0.2) is 103 Å². The highest BCUT2D eigenvalue weighted by atomic mass is 28.5. The molecule has 0 aliphatic heterocycles. The van der Waals surface area contributed by atoms with Crippen molar-refractivity contribution in [1.29, 1.82) is 0 Å². The van der Waals surface area contributed by atoms with Gasteiger partial charge in [-0.2, -0.15) is 0 Å². The molecular formula is C32H52N2O4Si5. The molecule has 0 saturated carbocycles. The van der Waals surface area contributed by atoms with Crippen LogP contribution >= 0.6 is 0 Å². The molecule has 3 aromatic carbocycles. The third kappa shape index (κ3) is 9.87. The van der Waals surface area contributed by atoms with Crippen LogP contribution in [0.25, 0.3) is 0 Å². The topological polar surface area (TPSA) is 89.0 Å². The van der Waals surface area contributed by atoms with E-state index in [-0.39, 0.29) is 0 Å². The largest absolute Gasteiger partial charge is 0.436 e. The molecule has 11 heteroatoms. The third-order valence-corrected chi connectivity index (χ3v) is 27.4. The van der Waals surface area contributed by atoms with Crippen LogP contribution in [0.5, 0.6) is 0 Å². The Bertz CT molecular complexity index is 1230. The Hall–Kier alpha value is -1.76. The van der Waals surface area contributed by atoms with Crippen LogP contribution in [0.4, 0.5) is 0 Å². The molecule has 0 spiro atoms. The Morgan fingerprint density at radius 2 is 0.953 bits per heavy atom. The predicted molar refractivity (Wildman–Crippen MR) is 194 cm³/mol. The van der Waals surface area contributed by atoms with Gasteiger partial charge in [0.15, 0.2) is 16.6 Å². The lowest BCUT2D eigenvalue weighted by molar-refractivity contribution is 0.315. The van der Waals surface area contributed by atoms with Gasteiger partial charge in [-0.05, 0) is 98.6 Å². The molecule has 0 saturated heterocycles. The van der Waals surface area contributed by atoms with E-state index >= 15 is 0 Å². The van der Waals surface area contributed by atoms with Gasteiger partial charge in [0.25, 0.3) is 0 Å². The second kappa shape index (κ2) is 15.5. The fraction of sp³-hybridized carbons (Fsp3) is 0.375. The quantitative estimate of drug-likeness (QED) is 0.181.